The van der Waals surface area contributed by atoms with Crippen molar-refractivity contribution in [2.24, 2.45) is 0 Å². The second-order valence-electron chi connectivity index (χ2n) is 7.55. The molecular formula is C23H22ClN3O3. The molecule has 1 fully saturated rings. The number of benzene rings is 2. The van der Waals surface area contributed by atoms with Gasteiger partial charge < -0.3 is 10.2 Å². The number of carbonyl (C=O) groups excluding carboxylic acids is 3. The quantitative estimate of drug-likeness (QED) is 0.755. The molecule has 2 aliphatic heterocycles. The number of amides is 3. The third-order valence-corrected chi connectivity index (χ3v) is 5.61. The van der Waals surface area contributed by atoms with Crippen molar-refractivity contribution in [3.8, 4) is 0 Å². The molecule has 0 saturated carbocycles. The Labute approximate surface area is 180 Å². The lowest BCUT2D eigenvalue weighted by atomic mass is 10.0. The van der Waals surface area contributed by atoms with Gasteiger partial charge in [-0.2, -0.15) is 0 Å². The summed E-state index contributed by atoms with van der Waals surface area (Å²) in [6.07, 6.45) is 1.97. The molecule has 2 aromatic carbocycles. The molecule has 0 atom stereocenters. The van der Waals surface area contributed by atoms with Crippen LogP contribution in [0.5, 0.6) is 0 Å². The summed E-state index contributed by atoms with van der Waals surface area (Å²) in [5, 5.41) is 3.27. The maximum atomic E-state index is 13.5. The minimum atomic E-state index is -0.348. The van der Waals surface area contributed by atoms with Crippen LogP contribution >= 0.6 is 11.6 Å². The van der Waals surface area contributed by atoms with Crippen molar-refractivity contribution in [3.05, 3.63) is 64.3 Å². The molecule has 1 saturated heterocycles. The summed E-state index contributed by atoms with van der Waals surface area (Å²) in [7, 11) is 0. The minimum Gasteiger partial charge on any atom is -0.366 e. The van der Waals surface area contributed by atoms with Gasteiger partial charge in [-0.25, -0.2) is 4.90 Å². The van der Waals surface area contributed by atoms with Crippen LogP contribution in [0.25, 0.3) is 5.57 Å². The Morgan fingerprint density at radius 2 is 1.67 bits per heavy atom. The van der Waals surface area contributed by atoms with Gasteiger partial charge in [-0.3, -0.25) is 14.4 Å². The normalized spacial score (nSPS) is 16.6. The number of rotatable bonds is 4. The monoisotopic (exact) mass is 423 g/mol. The van der Waals surface area contributed by atoms with Crippen LogP contribution in [0.4, 0.5) is 11.4 Å². The first-order valence-corrected chi connectivity index (χ1v) is 10.3. The topological polar surface area (TPSA) is 69.7 Å². The van der Waals surface area contributed by atoms with Crippen LogP contribution < -0.4 is 10.2 Å². The molecule has 4 rings (SSSR count). The first-order chi connectivity index (χ1) is 14.4. The van der Waals surface area contributed by atoms with Crippen LogP contribution in [0.3, 0.4) is 0 Å². The van der Waals surface area contributed by atoms with Gasteiger partial charge in [-0.05, 0) is 61.2 Å². The van der Waals surface area contributed by atoms with E-state index in [-0.39, 0.29) is 17.7 Å². The Hall–Kier alpha value is -3.12. The Morgan fingerprint density at radius 1 is 1.00 bits per heavy atom. The number of likely N-dealkylation sites (tertiary alicyclic amines) is 1. The molecule has 0 aliphatic carbocycles. The van der Waals surface area contributed by atoms with Crippen LogP contribution in [-0.4, -0.2) is 35.7 Å². The first-order valence-electron chi connectivity index (χ1n) is 9.89. The fourth-order valence-electron chi connectivity index (χ4n) is 4.02. The lowest BCUT2D eigenvalue weighted by Crippen LogP contribution is -2.35. The standard InChI is InChI=1S/C23H22ClN3O3/c1-14-13-17(24)7-10-19(14)27-22(29)20(21(23(27)30)26-11-3-4-12-26)16-5-8-18(9-6-16)25-15(2)28/h5-10,13H,3-4,11-12H2,1-2H3,(H,25,28). The van der Waals surface area contributed by atoms with Crippen molar-refractivity contribution in [1.29, 1.82) is 0 Å². The van der Waals surface area contributed by atoms with E-state index in [1.807, 2.05) is 11.8 Å². The van der Waals surface area contributed by atoms with Crippen molar-refractivity contribution in [3.63, 3.8) is 0 Å². The van der Waals surface area contributed by atoms with Gasteiger partial charge in [0.1, 0.15) is 5.70 Å². The third kappa shape index (κ3) is 3.59. The van der Waals surface area contributed by atoms with Crippen LogP contribution in [0.15, 0.2) is 48.2 Å². The van der Waals surface area contributed by atoms with Gasteiger partial charge in [0.15, 0.2) is 0 Å². The van der Waals surface area contributed by atoms with Gasteiger partial charge in [0.25, 0.3) is 11.8 Å². The van der Waals surface area contributed by atoms with E-state index in [4.69, 9.17) is 11.6 Å². The summed E-state index contributed by atoms with van der Waals surface area (Å²) < 4.78 is 0. The molecule has 0 spiro atoms. The smallest absolute Gasteiger partial charge is 0.282 e. The molecule has 0 aromatic heterocycles. The van der Waals surface area contributed by atoms with Gasteiger partial charge in [0, 0.05) is 30.7 Å². The zero-order chi connectivity index (χ0) is 21.4. The van der Waals surface area contributed by atoms with Crippen LogP contribution in [0, 0.1) is 6.92 Å². The summed E-state index contributed by atoms with van der Waals surface area (Å²) in [5.74, 6) is -0.830. The number of halogens is 1. The molecule has 1 N–H and O–H groups in total. The van der Waals surface area contributed by atoms with Gasteiger partial charge >= 0.3 is 0 Å². The zero-order valence-electron chi connectivity index (χ0n) is 16.9. The van der Waals surface area contributed by atoms with E-state index in [9.17, 15) is 14.4 Å². The van der Waals surface area contributed by atoms with Crippen LogP contribution in [0.2, 0.25) is 5.02 Å². The maximum absolute atomic E-state index is 13.5. The van der Waals surface area contributed by atoms with Gasteiger partial charge in [0.05, 0.1) is 11.3 Å². The van der Waals surface area contributed by atoms with E-state index in [0.29, 0.717) is 33.2 Å². The van der Waals surface area contributed by atoms with Crippen LogP contribution in [0.1, 0.15) is 30.9 Å². The predicted molar refractivity (Wildman–Crippen MR) is 117 cm³/mol. The molecule has 2 aromatic rings. The predicted octanol–water partition coefficient (Wildman–Crippen LogP) is 3.99. The second-order valence-corrected chi connectivity index (χ2v) is 7.99. The Kier molecular flexibility index (Phi) is 5.35. The Morgan fingerprint density at radius 3 is 2.27 bits per heavy atom. The zero-order valence-corrected chi connectivity index (χ0v) is 17.6. The van der Waals surface area contributed by atoms with E-state index in [2.05, 4.69) is 5.32 Å². The van der Waals surface area contributed by atoms with Gasteiger partial charge in [-0.1, -0.05) is 23.7 Å². The van der Waals surface area contributed by atoms with Crippen LogP contribution in [-0.2, 0) is 14.4 Å². The Balaban J connectivity index is 1.79. The molecule has 0 unspecified atom stereocenters. The van der Waals surface area contributed by atoms with Gasteiger partial charge in [-0.15, -0.1) is 0 Å². The average Bonchev–Trinajstić information content (AvgIpc) is 3.29. The number of hydrogen-bond acceptors (Lipinski definition) is 4. The van der Waals surface area contributed by atoms with Crippen molar-refractivity contribution >= 4 is 46.3 Å². The highest BCUT2D eigenvalue weighted by atomic mass is 35.5. The highest BCUT2D eigenvalue weighted by Crippen LogP contribution is 2.37. The number of hydrogen-bond donors (Lipinski definition) is 1. The molecule has 0 radical (unpaired) electrons. The van der Waals surface area contributed by atoms with Gasteiger partial charge in [0.2, 0.25) is 5.91 Å². The summed E-state index contributed by atoms with van der Waals surface area (Å²) in [4.78, 5) is 41.5. The van der Waals surface area contributed by atoms with Crippen molar-refractivity contribution in [2.75, 3.05) is 23.3 Å². The lowest BCUT2D eigenvalue weighted by molar-refractivity contribution is -0.120. The third-order valence-electron chi connectivity index (χ3n) is 5.38. The number of anilines is 2. The van der Waals surface area contributed by atoms with E-state index < -0.39 is 0 Å². The largest absolute Gasteiger partial charge is 0.366 e. The fraction of sp³-hybridized carbons (Fsp3) is 0.261. The van der Waals surface area contributed by atoms with E-state index >= 15 is 0 Å². The molecular weight excluding hydrogens is 402 g/mol. The fourth-order valence-corrected chi connectivity index (χ4v) is 4.25. The number of imide groups is 1. The van der Waals surface area contributed by atoms with Crippen molar-refractivity contribution in [1.82, 2.24) is 4.90 Å². The first kappa shape index (κ1) is 20.2. The van der Waals surface area contributed by atoms with Crippen molar-refractivity contribution in [2.45, 2.75) is 26.7 Å². The molecule has 6 nitrogen and oxygen atoms in total. The van der Waals surface area contributed by atoms with E-state index in [1.54, 1.807) is 42.5 Å². The number of carbonyl (C=O) groups is 3. The second kappa shape index (κ2) is 7.95. The van der Waals surface area contributed by atoms with E-state index in [0.717, 1.165) is 31.5 Å². The molecule has 154 valence electrons. The highest BCUT2D eigenvalue weighted by Gasteiger charge is 2.43. The number of nitrogens with one attached hydrogen (secondary N) is 1. The van der Waals surface area contributed by atoms with Crippen molar-refractivity contribution < 1.29 is 14.4 Å². The number of aryl methyl sites for hydroxylation is 1. The van der Waals surface area contributed by atoms with E-state index in [1.165, 1.54) is 11.8 Å². The highest BCUT2D eigenvalue weighted by molar-refractivity contribution is 6.45. The minimum absolute atomic E-state index is 0.170. The molecule has 2 heterocycles. The molecule has 7 heteroatoms. The maximum Gasteiger partial charge on any atom is 0.282 e. The summed E-state index contributed by atoms with van der Waals surface area (Å²) in [6.45, 7) is 4.76. The molecule has 2 aliphatic rings. The Bertz CT molecular complexity index is 1070. The number of nitrogens with zero attached hydrogens (tertiary/aromatic N) is 2. The summed E-state index contributed by atoms with van der Waals surface area (Å²) >= 11 is 6.07. The average molecular weight is 424 g/mol. The summed E-state index contributed by atoms with van der Waals surface area (Å²) in [5.41, 5.74) is 3.42. The molecule has 3 amide bonds. The SMILES string of the molecule is CC(=O)Nc1ccc(C2=C(N3CCCC3)C(=O)N(c3ccc(Cl)cc3C)C2=O)cc1. The summed E-state index contributed by atoms with van der Waals surface area (Å²) in [6, 6.07) is 12.1. The lowest BCUT2D eigenvalue weighted by Gasteiger charge is -2.21. The molecule has 0 bridgehead atoms. The molecule has 30 heavy (non-hydrogen) atoms.